The highest BCUT2D eigenvalue weighted by Gasteiger charge is 2.21. The normalized spacial score (nSPS) is 11.4. The maximum absolute atomic E-state index is 12.4. The van der Waals surface area contributed by atoms with Crippen molar-refractivity contribution in [2.45, 2.75) is 18.4 Å². The summed E-state index contributed by atoms with van der Waals surface area (Å²) in [5, 5.41) is 9.37. The second kappa shape index (κ2) is 6.23. The molecule has 0 bridgehead atoms. The molecule has 2 rings (SSSR count). The minimum atomic E-state index is -3.86. The van der Waals surface area contributed by atoms with Crippen LogP contribution < -0.4 is 4.72 Å². The first-order valence-electron chi connectivity index (χ1n) is 6.02. The summed E-state index contributed by atoms with van der Waals surface area (Å²) in [5.74, 6) is 0. The van der Waals surface area contributed by atoms with Crippen LogP contribution in [-0.4, -0.2) is 13.5 Å². The van der Waals surface area contributed by atoms with Gasteiger partial charge < -0.3 is 5.11 Å². The third-order valence-corrected chi connectivity index (χ3v) is 5.22. The van der Waals surface area contributed by atoms with E-state index in [1.165, 1.54) is 12.1 Å². The van der Waals surface area contributed by atoms with Crippen LogP contribution in [0, 0.1) is 6.92 Å². The first kappa shape index (κ1) is 16.1. The molecule has 0 saturated carbocycles. The molecule has 0 aliphatic carbocycles. The quantitative estimate of drug-likeness (QED) is 0.889. The maximum Gasteiger partial charge on any atom is 0.263 e. The van der Waals surface area contributed by atoms with Gasteiger partial charge in [0.15, 0.2) is 0 Å². The van der Waals surface area contributed by atoms with E-state index in [0.717, 1.165) is 5.56 Å². The maximum atomic E-state index is 12.4. The van der Waals surface area contributed by atoms with E-state index in [2.05, 4.69) is 4.72 Å². The second-order valence-electron chi connectivity index (χ2n) is 4.47. The number of rotatable bonds is 4. The van der Waals surface area contributed by atoms with Gasteiger partial charge in [0.05, 0.1) is 11.6 Å². The Hall–Kier alpha value is -1.27. The third kappa shape index (κ3) is 3.49. The molecule has 2 aromatic carbocycles. The fourth-order valence-electron chi connectivity index (χ4n) is 1.76. The molecule has 112 valence electrons. The van der Waals surface area contributed by atoms with Gasteiger partial charge in [-0.2, -0.15) is 0 Å². The fourth-order valence-corrected chi connectivity index (χ4v) is 3.72. The lowest BCUT2D eigenvalue weighted by atomic mass is 10.2. The number of hydrogen-bond donors (Lipinski definition) is 2. The topological polar surface area (TPSA) is 66.4 Å². The van der Waals surface area contributed by atoms with Crippen molar-refractivity contribution in [2.24, 2.45) is 0 Å². The first-order valence-corrected chi connectivity index (χ1v) is 8.26. The Kier molecular flexibility index (Phi) is 4.78. The number of sulfonamides is 1. The van der Waals surface area contributed by atoms with E-state index in [9.17, 15) is 13.5 Å². The Bertz CT molecular complexity index is 759. The van der Waals surface area contributed by atoms with Gasteiger partial charge >= 0.3 is 0 Å². The molecule has 2 N–H and O–H groups in total. The molecule has 0 atom stereocenters. The predicted molar refractivity (Wildman–Crippen MR) is 84.4 cm³/mol. The van der Waals surface area contributed by atoms with Crippen LogP contribution in [0.5, 0.6) is 0 Å². The van der Waals surface area contributed by atoms with E-state index >= 15 is 0 Å². The van der Waals surface area contributed by atoms with Gasteiger partial charge in [-0.3, -0.25) is 4.72 Å². The molecule has 21 heavy (non-hydrogen) atoms. The number of anilines is 1. The number of aliphatic hydroxyl groups is 1. The molecule has 0 radical (unpaired) electrons. The Morgan fingerprint density at radius 1 is 1.10 bits per heavy atom. The van der Waals surface area contributed by atoms with Crippen LogP contribution in [0.25, 0.3) is 0 Å². The molecule has 4 nitrogen and oxygen atoms in total. The summed E-state index contributed by atoms with van der Waals surface area (Å²) < 4.78 is 27.2. The summed E-state index contributed by atoms with van der Waals surface area (Å²) in [6.45, 7) is 1.47. The third-order valence-electron chi connectivity index (χ3n) is 2.90. The van der Waals surface area contributed by atoms with Crippen LogP contribution in [0.3, 0.4) is 0 Å². The zero-order valence-corrected chi connectivity index (χ0v) is 13.4. The van der Waals surface area contributed by atoms with E-state index in [1.54, 1.807) is 24.3 Å². The van der Waals surface area contributed by atoms with E-state index in [1.807, 2.05) is 6.92 Å². The lowest BCUT2D eigenvalue weighted by Crippen LogP contribution is -2.14. The average molecular weight is 346 g/mol. The van der Waals surface area contributed by atoms with Gasteiger partial charge in [-0.05, 0) is 31.2 Å². The minimum Gasteiger partial charge on any atom is -0.392 e. The molecule has 0 heterocycles. The van der Waals surface area contributed by atoms with E-state index in [0.29, 0.717) is 5.69 Å². The Labute approximate surface area is 133 Å². The highest BCUT2D eigenvalue weighted by Crippen LogP contribution is 2.32. The fraction of sp³-hybridized carbons (Fsp3) is 0.143. The Morgan fingerprint density at radius 3 is 2.29 bits per heavy atom. The summed E-state index contributed by atoms with van der Waals surface area (Å²) >= 11 is 11.9. The number of nitrogens with one attached hydrogen (secondary N) is 1. The average Bonchev–Trinajstić information content (AvgIpc) is 2.41. The van der Waals surface area contributed by atoms with Crippen molar-refractivity contribution in [3.63, 3.8) is 0 Å². The van der Waals surface area contributed by atoms with Crippen LogP contribution in [0.4, 0.5) is 5.69 Å². The molecular formula is C14H13Cl2NO3S. The van der Waals surface area contributed by atoms with Crippen molar-refractivity contribution < 1.29 is 13.5 Å². The summed E-state index contributed by atoms with van der Waals surface area (Å²) in [5.41, 5.74) is 1.63. The van der Waals surface area contributed by atoms with Crippen LogP contribution >= 0.6 is 23.2 Å². The molecule has 0 amide bonds. The number of hydrogen-bond acceptors (Lipinski definition) is 3. The van der Waals surface area contributed by atoms with Gasteiger partial charge in [-0.1, -0.05) is 40.9 Å². The molecule has 0 spiro atoms. The monoisotopic (exact) mass is 345 g/mol. The molecule has 0 aliphatic rings. The molecule has 0 aliphatic heterocycles. The van der Waals surface area contributed by atoms with Gasteiger partial charge in [0.25, 0.3) is 10.0 Å². The lowest BCUT2D eigenvalue weighted by Gasteiger charge is -2.12. The molecular weight excluding hydrogens is 333 g/mol. The first-order chi connectivity index (χ1) is 9.85. The number of halogens is 2. The number of benzene rings is 2. The summed E-state index contributed by atoms with van der Waals surface area (Å²) in [7, 11) is -3.86. The zero-order chi connectivity index (χ0) is 15.6. The number of aliphatic hydroxyl groups excluding tert-OH is 1. The van der Waals surface area contributed by atoms with Crippen LogP contribution in [0.2, 0.25) is 10.0 Å². The van der Waals surface area contributed by atoms with E-state index in [-0.39, 0.29) is 20.5 Å². The van der Waals surface area contributed by atoms with Crippen molar-refractivity contribution in [2.75, 3.05) is 4.72 Å². The number of aryl methyl sites for hydroxylation is 1. The van der Waals surface area contributed by atoms with Crippen molar-refractivity contribution in [1.29, 1.82) is 0 Å². The van der Waals surface area contributed by atoms with Gasteiger partial charge in [0.2, 0.25) is 0 Å². The standard InChI is InChI=1S/C14H13Cl2NO3S/c1-9-2-4-10(5-3-9)17-21(19,20)13-7-6-12(15)11(8-18)14(13)16/h2-7,17-18H,8H2,1H3. The van der Waals surface area contributed by atoms with Crippen LogP contribution in [-0.2, 0) is 16.6 Å². The van der Waals surface area contributed by atoms with Crippen LogP contribution in [0.15, 0.2) is 41.3 Å². The molecule has 0 unspecified atom stereocenters. The van der Waals surface area contributed by atoms with Gasteiger partial charge in [0, 0.05) is 16.3 Å². The van der Waals surface area contributed by atoms with Crippen molar-refractivity contribution in [3.05, 3.63) is 57.6 Å². The van der Waals surface area contributed by atoms with Crippen molar-refractivity contribution in [1.82, 2.24) is 0 Å². The van der Waals surface area contributed by atoms with Crippen LogP contribution in [0.1, 0.15) is 11.1 Å². The summed E-state index contributed by atoms with van der Waals surface area (Å²) in [6, 6.07) is 9.59. The van der Waals surface area contributed by atoms with Gasteiger partial charge in [0.1, 0.15) is 4.90 Å². The molecule has 0 aromatic heterocycles. The van der Waals surface area contributed by atoms with Gasteiger partial charge in [-0.25, -0.2) is 8.42 Å². The summed E-state index contributed by atoms with van der Waals surface area (Å²) in [4.78, 5) is -0.127. The Morgan fingerprint density at radius 2 is 1.71 bits per heavy atom. The highest BCUT2D eigenvalue weighted by molar-refractivity contribution is 7.92. The SMILES string of the molecule is Cc1ccc(NS(=O)(=O)c2ccc(Cl)c(CO)c2Cl)cc1. The Balaban J connectivity index is 2.42. The van der Waals surface area contributed by atoms with Gasteiger partial charge in [-0.15, -0.1) is 0 Å². The van der Waals surface area contributed by atoms with Crippen molar-refractivity contribution in [3.8, 4) is 0 Å². The molecule has 2 aromatic rings. The predicted octanol–water partition coefficient (Wildman–Crippen LogP) is 3.59. The van der Waals surface area contributed by atoms with Crippen molar-refractivity contribution >= 4 is 38.9 Å². The lowest BCUT2D eigenvalue weighted by molar-refractivity contribution is 0.282. The molecule has 7 heteroatoms. The van der Waals surface area contributed by atoms with E-state index < -0.39 is 16.6 Å². The largest absolute Gasteiger partial charge is 0.392 e. The van der Waals surface area contributed by atoms with E-state index in [4.69, 9.17) is 23.2 Å². The highest BCUT2D eigenvalue weighted by atomic mass is 35.5. The second-order valence-corrected chi connectivity index (χ2v) is 6.90. The zero-order valence-electron chi connectivity index (χ0n) is 11.1. The molecule has 0 fully saturated rings. The minimum absolute atomic E-state index is 0.0791. The summed E-state index contributed by atoms with van der Waals surface area (Å²) in [6.07, 6.45) is 0. The smallest absolute Gasteiger partial charge is 0.263 e. The molecule has 0 saturated heterocycles.